The van der Waals surface area contributed by atoms with Gasteiger partial charge in [0.25, 0.3) is 5.91 Å². The first-order valence-electron chi connectivity index (χ1n) is 11.3. The molecule has 0 spiro atoms. The standard InChI is InChI=1S/C27H31N3O4/c1-6-34-27(33)24-17(2)25(28-18(24)3)26(32)30(16-21-11-8-7-9-12-21)19(4)22-13-10-14-23(15-22)29-20(5)31/h7-15,19,28H,6,16H2,1-5H3,(H,29,31). The molecule has 1 unspecified atom stereocenters. The minimum absolute atomic E-state index is 0.161. The van der Waals surface area contributed by atoms with E-state index in [0.29, 0.717) is 34.7 Å². The molecule has 178 valence electrons. The first-order chi connectivity index (χ1) is 16.2. The first-order valence-corrected chi connectivity index (χ1v) is 11.3. The SMILES string of the molecule is CCOC(=O)c1c(C)[nH]c(C(=O)N(Cc2ccccc2)C(C)c2cccc(NC(C)=O)c2)c1C. The Morgan fingerprint density at radius 2 is 1.76 bits per heavy atom. The number of hydrogen-bond acceptors (Lipinski definition) is 4. The van der Waals surface area contributed by atoms with Crippen molar-refractivity contribution in [2.45, 2.75) is 47.2 Å². The highest BCUT2D eigenvalue weighted by molar-refractivity contribution is 6.00. The number of hydrogen-bond donors (Lipinski definition) is 2. The number of aromatic amines is 1. The summed E-state index contributed by atoms with van der Waals surface area (Å²) in [6, 6.07) is 16.9. The molecule has 7 nitrogen and oxygen atoms in total. The molecule has 2 amide bonds. The van der Waals surface area contributed by atoms with E-state index >= 15 is 0 Å². The molecule has 7 heteroatoms. The Labute approximate surface area is 200 Å². The Bertz CT molecular complexity index is 1180. The molecular formula is C27H31N3O4. The van der Waals surface area contributed by atoms with E-state index in [-0.39, 0.29) is 24.5 Å². The van der Waals surface area contributed by atoms with E-state index < -0.39 is 5.97 Å². The fourth-order valence-electron chi connectivity index (χ4n) is 4.04. The van der Waals surface area contributed by atoms with Crippen LogP contribution < -0.4 is 5.32 Å². The predicted molar refractivity (Wildman–Crippen MR) is 132 cm³/mol. The molecular weight excluding hydrogens is 430 g/mol. The van der Waals surface area contributed by atoms with Gasteiger partial charge in [0.2, 0.25) is 5.91 Å². The van der Waals surface area contributed by atoms with E-state index in [4.69, 9.17) is 4.74 Å². The fourth-order valence-corrected chi connectivity index (χ4v) is 4.04. The smallest absolute Gasteiger partial charge is 0.340 e. The average Bonchev–Trinajstić information content (AvgIpc) is 3.11. The predicted octanol–water partition coefficient (Wildman–Crippen LogP) is 5.17. The Hall–Kier alpha value is -3.87. The van der Waals surface area contributed by atoms with E-state index in [1.807, 2.05) is 61.5 Å². The zero-order valence-corrected chi connectivity index (χ0v) is 20.3. The summed E-state index contributed by atoms with van der Waals surface area (Å²) in [5, 5.41) is 2.79. The molecule has 1 heterocycles. The maximum absolute atomic E-state index is 13.9. The molecule has 0 fully saturated rings. The van der Waals surface area contributed by atoms with Crippen LogP contribution in [0.25, 0.3) is 0 Å². The van der Waals surface area contributed by atoms with Gasteiger partial charge in [-0.05, 0) is 56.5 Å². The van der Waals surface area contributed by atoms with Gasteiger partial charge in [-0.2, -0.15) is 0 Å². The van der Waals surface area contributed by atoms with Crippen molar-refractivity contribution in [3.63, 3.8) is 0 Å². The fraction of sp³-hybridized carbons (Fsp3) is 0.296. The van der Waals surface area contributed by atoms with Gasteiger partial charge < -0.3 is 19.9 Å². The Morgan fingerprint density at radius 3 is 2.41 bits per heavy atom. The van der Waals surface area contributed by atoms with Crippen LogP contribution in [0.2, 0.25) is 0 Å². The Balaban J connectivity index is 2.02. The molecule has 1 aromatic heterocycles. The summed E-state index contributed by atoms with van der Waals surface area (Å²) in [4.78, 5) is 42.7. The summed E-state index contributed by atoms with van der Waals surface area (Å²) < 4.78 is 5.18. The highest BCUT2D eigenvalue weighted by Gasteiger charge is 2.29. The number of rotatable bonds is 8. The lowest BCUT2D eigenvalue weighted by molar-refractivity contribution is -0.114. The lowest BCUT2D eigenvalue weighted by atomic mass is 10.0. The minimum atomic E-state index is -0.446. The molecule has 0 aliphatic rings. The zero-order valence-electron chi connectivity index (χ0n) is 20.3. The van der Waals surface area contributed by atoms with Crippen molar-refractivity contribution in [2.24, 2.45) is 0 Å². The Morgan fingerprint density at radius 1 is 1.06 bits per heavy atom. The molecule has 2 N–H and O–H groups in total. The highest BCUT2D eigenvalue weighted by atomic mass is 16.5. The molecule has 1 atom stereocenters. The molecule has 34 heavy (non-hydrogen) atoms. The van der Waals surface area contributed by atoms with Crippen LogP contribution in [0.15, 0.2) is 54.6 Å². The molecule has 0 saturated carbocycles. The molecule has 0 bridgehead atoms. The number of benzene rings is 2. The van der Waals surface area contributed by atoms with Crippen LogP contribution >= 0.6 is 0 Å². The van der Waals surface area contributed by atoms with Crippen LogP contribution in [0.5, 0.6) is 0 Å². The van der Waals surface area contributed by atoms with E-state index in [0.717, 1.165) is 11.1 Å². The Kier molecular flexibility index (Phi) is 7.89. The summed E-state index contributed by atoms with van der Waals surface area (Å²) >= 11 is 0. The maximum atomic E-state index is 13.9. The van der Waals surface area contributed by atoms with Crippen molar-refractivity contribution >= 4 is 23.5 Å². The van der Waals surface area contributed by atoms with E-state index in [1.165, 1.54) is 6.92 Å². The molecule has 3 rings (SSSR count). The average molecular weight is 462 g/mol. The van der Waals surface area contributed by atoms with Gasteiger partial charge in [-0.25, -0.2) is 4.79 Å². The van der Waals surface area contributed by atoms with Gasteiger partial charge in [0.1, 0.15) is 5.69 Å². The van der Waals surface area contributed by atoms with Crippen molar-refractivity contribution in [2.75, 3.05) is 11.9 Å². The van der Waals surface area contributed by atoms with Crippen molar-refractivity contribution in [1.29, 1.82) is 0 Å². The number of amides is 2. The molecule has 0 saturated heterocycles. The van der Waals surface area contributed by atoms with Crippen LogP contribution in [-0.2, 0) is 16.1 Å². The van der Waals surface area contributed by atoms with Gasteiger partial charge in [0, 0.05) is 24.8 Å². The number of nitrogens with one attached hydrogen (secondary N) is 2. The second-order valence-electron chi connectivity index (χ2n) is 8.25. The second kappa shape index (κ2) is 10.8. The largest absolute Gasteiger partial charge is 0.462 e. The molecule has 0 aliphatic heterocycles. The van der Waals surface area contributed by atoms with Gasteiger partial charge in [0.15, 0.2) is 0 Å². The zero-order chi connectivity index (χ0) is 24.8. The number of carbonyl (C=O) groups excluding carboxylic acids is 3. The summed E-state index contributed by atoms with van der Waals surface area (Å²) in [5.74, 6) is -0.832. The van der Waals surface area contributed by atoms with Gasteiger partial charge >= 0.3 is 5.97 Å². The first kappa shape index (κ1) is 24.8. The third-order valence-electron chi connectivity index (χ3n) is 5.74. The molecule has 2 aromatic carbocycles. The lowest BCUT2D eigenvalue weighted by Crippen LogP contribution is -2.34. The normalized spacial score (nSPS) is 11.6. The van der Waals surface area contributed by atoms with Crippen molar-refractivity contribution in [1.82, 2.24) is 9.88 Å². The summed E-state index contributed by atoms with van der Waals surface area (Å²) in [7, 11) is 0. The van der Waals surface area contributed by atoms with Gasteiger partial charge in [-0.15, -0.1) is 0 Å². The summed E-state index contributed by atoms with van der Waals surface area (Å²) in [5.41, 5.74) is 4.44. The number of aryl methyl sites for hydroxylation is 1. The number of esters is 1. The van der Waals surface area contributed by atoms with Crippen LogP contribution in [0.4, 0.5) is 5.69 Å². The van der Waals surface area contributed by atoms with Gasteiger partial charge in [-0.3, -0.25) is 9.59 Å². The van der Waals surface area contributed by atoms with Crippen molar-refractivity contribution in [3.05, 3.63) is 88.2 Å². The maximum Gasteiger partial charge on any atom is 0.340 e. The highest BCUT2D eigenvalue weighted by Crippen LogP contribution is 2.29. The third kappa shape index (κ3) is 5.54. The molecule has 0 radical (unpaired) electrons. The monoisotopic (exact) mass is 461 g/mol. The van der Waals surface area contributed by atoms with Crippen LogP contribution in [0, 0.1) is 13.8 Å². The van der Waals surface area contributed by atoms with Crippen LogP contribution in [-0.4, -0.2) is 34.3 Å². The third-order valence-corrected chi connectivity index (χ3v) is 5.74. The molecule has 3 aromatic rings. The molecule has 0 aliphatic carbocycles. The van der Waals surface area contributed by atoms with E-state index in [1.54, 1.807) is 25.7 Å². The number of aromatic nitrogens is 1. The topological polar surface area (TPSA) is 91.5 Å². The quantitative estimate of drug-likeness (QED) is 0.453. The van der Waals surface area contributed by atoms with E-state index in [9.17, 15) is 14.4 Å². The van der Waals surface area contributed by atoms with Crippen LogP contribution in [0.1, 0.15) is 70.0 Å². The number of anilines is 1. The number of nitrogens with zero attached hydrogens (tertiary/aromatic N) is 1. The number of ether oxygens (including phenoxy) is 1. The summed E-state index contributed by atoms with van der Waals surface area (Å²) in [6.07, 6.45) is 0. The lowest BCUT2D eigenvalue weighted by Gasteiger charge is -2.30. The van der Waals surface area contributed by atoms with Crippen molar-refractivity contribution < 1.29 is 19.1 Å². The van der Waals surface area contributed by atoms with Crippen LogP contribution in [0.3, 0.4) is 0 Å². The summed E-state index contributed by atoms with van der Waals surface area (Å²) in [6.45, 7) is 9.30. The van der Waals surface area contributed by atoms with Gasteiger partial charge in [-0.1, -0.05) is 42.5 Å². The number of carbonyl (C=O) groups is 3. The van der Waals surface area contributed by atoms with Crippen molar-refractivity contribution in [3.8, 4) is 0 Å². The number of H-pyrrole nitrogens is 1. The second-order valence-corrected chi connectivity index (χ2v) is 8.25. The van der Waals surface area contributed by atoms with Gasteiger partial charge in [0.05, 0.1) is 18.2 Å². The minimum Gasteiger partial charge on any atom is -0.462 e. The van der Waals surface area contributed by atoms with E-state index in [2.05, 4.69) is 10.3 Å².